The SMILES string of the molecule is CCN(C)c1c(CCCC(C)(C)C)c(=S)c1=S.CCN(CC)c1c(CCCC(C)(C)C)c(=S)c1=S.CCNc1c(CCCC(C)(C)C)c(=S)c1=S.CCNc1c(N(C)CCC(C)(C)C)c(=S)c1=S.CN(C)c1c(CCCC(C)(C)C)c(=S)c1=S.CN(C)c1c(N(C)CCC(C)(C)C)c(=S)c1=S. The van der Waals surface area contributed by atoms with Crippen molar-refractivity contribution in [2.45, 2.75) is 249 Å². The molecule has 570 valence electrons. The first-order valence-corrected chi connectivity index (χ1v) is 41.7. The zero-order chi connectivity index (χ0) is 78.6. The summed E-state index contributed by atoms with van der Waals surface area (Å²) in [5, 5.41) is 6.61. The second-order valence-electron chi connectivity index (χ2n) is 34.9. The fraction of sp³-hybridized carbons (Fsp3) is 0.704. The Morgan fingerprint density at radius 3 is 0.861 bits per heavy atom. The number of anilines is 8. The average molecular weight is 1600 g/mol. The quantitative estimate of drug-likeness (QED) is 0.0438. The van der Waals surface area contributed by atoms with E-state index in [1.807, 2.05) is 28.2 Å². The highest BCUT2D eigenvalue weighted by Gasteiger charge is 2.25. The van der Waals surface area contributed by atoms with Gasteiger partial charge in [-0.15, -0.1) is 0 Å². The smallest absolute Gasteiger partial charge is 0.0834 e. The Bertz CT molecular complexity index is 4010. The summed E-state index contributed by atoms with van der Waals surface area (Å²) in [6.45, 7) is 58.4. The summed E-state index contributed by atoms with van der Waals surface area (Å²) >= 11 is 63.8. The van der Waals surface area contributed by atoms with Crippen molar-refractivity contribution in [2.75, 3.05) is 135 Å². The van der Waals surface area contributed by atoms with E-state index in [9.17, 15) is 0 Å². The van der Waals surface area contributed by atoms with Gasteiger partial charge in [0.25, 0.3) is 0 Å². The van der Waals surface area contributed by atoms with E-state index >= 15 is 0 Å². The summed E-state index contributed by atoms with van der Waals surface area (Å²) in [6, 6.07) is 0. The summed E-state index contributed by atoms with van der Waals surface area (Å²) in [7, 11) is 14.4. The highest BCUT2D eigenvalue weighted by molar-refractivity contribution is 7.75. The minimum atomic E-state index is 0.346. The van der Waals surface area contributed by atoms with Crippen LogP contribution in [0.2, 0.25) is 0 Å². The molecule has 0 radical (unpaired) electrons. The van der Waals surface area contributed by atoms with Crippen LogP contribution in [0, 0.1) is 86.6 Å². The van der Waals surface area contributed by atoms with Gasteiger partial charge in [0.1, 0.15) is 0 Å². The predicted molar refractivity (Wildman–Crippen MR) is 487 cm³/mol. The Morgan fingerprint density at radius 1 is 0.257 bits per heavy atom. The summed E-state index contributed by atoms with van der Waals surface area (Å²) < 4.78 is 10.6. The van der Waals surface area contributed by atoms with E-state index in [-0.39, 0.29) is 0 Å². The molecule has 0 fully saturated rings. The van der Waals surface area contributed by atoms with E-state index in [2.05, 4.69) is 220 Å². The molecule has 0 atom stereocenters. The van der Waals surface area contributed by atoms with Gasteiger partial charge in [-0.1, -0.05) is 271 Å². The third-order valence-corrected chi connectivity index (χ3v) is 23.6. The van der Waals surface area contributed by atoms with E-state index < -0.39 is 0 Å². The van der Waals surface area contributed by atoms with Gasteiger partial charge < -0.3 is 40.0 Å². The lowest BCUT2D eigenvalue weighted by atomic mass is 9.88. The van der Waals surface area contributed by atoms with Gasteiger partial charge in [0.05, 0.1) is 99.6 Å². The van der Waals surface area contributed by atoms with Gasteiger partial charge >= 0.3 is 0 Å². The molecule has 0 aliphatic heterocycles. The molecule has 0 bridgehead atoms. The maximum Gasteiger partial charge on any atom is 0.0834 e. The van der Waals surface area contributed by atoms with Crippen LogP contribution in [0.5, 0.6) is 0 Å². The van der Waals surface area contributed by atoms with Crippen LogP contribution in [0.1, 0.15) is 246 Å². The Kier molecular flexibility index (Phi) is 40.9. The van der Waals surface area contributed by atoms with Gasteiger partial charge in [-0.05, 0) is 179 Å². The molecular formula is C81H134N8S12. The molecular weight excluding hydrogens is 1470 g/mol. The van der Waals surface area contributed by atoms with Crippen LogP contribution in [0.15, 0.2) is 0 Å². The number of nitrogens with zero attached hydrogens (tertiary/aromatic N) is 6. The molecule has 6 rings (SSSR count). The first-order valence-electron chi connectivity index (χ1n) is 36.8. The topological polar surface area (TPSA) is 43.5 Å². The van der Waals surface area contributed by atoms with Crippen molar-refractivity contribution < 1.29 is 0 Å². The molecule has 8 nitrogen and oxygen atoms in total. The lowest BCUT2D eigenvalue weighted by Gasteiger charge is -2.31. The highest BCUT2D eigenvalue weighted by Crippen LogP contribution is 2.40. The maximum absolute atomic E-state index is 5.40. The molecule has 0 aliphatic rings. The number of hydrogen-bond acceptors (Lipinski definition) is 20. The van der Waals surface area contributed by atoms with Crippen LogP contribution in [-0.2, 0) is 25.7 Å². The van der Waals surface area contributed by atoms with Gasteiger partial charge in [0.15, 0.2) is 0 Å². The molecule has 20 heteroatoms. The van der Waals surface area contributed by atoms with E-state index in [4.69, 9.17) is 147 Å². The zero-order valence-corrected chi connectivity index (χ0v) is 78.2. The largest absolute Gasteiger partial charge is 0.384 e. The number of hydrogen-bond donors (Lipinski definition) is 2. The van der Waals surface area contributed by atoms with Crippen LogP contribution >= 0.6 is 147 Å². The van der Waals surface area contributed by atoms with E-state index in [0.717, 1.165) is 167 Å². The van der Waals surface area contributed by atoms with Crippen LogP contribution in [0.3, 0.4) is 0 Å². The van der Waals surface area contributed by atoms with Crippen molar-refractivity contribution in [3.05, 3.63) is 76.4 Å². The van der Waals surface area contributed by atoms with Crippen LogP contribution < -0.4 is 40.0 Å². The highest BCUT2D eigenvalue weighted by atomic mass is 32.1. The van der Waals surface area contributed by atoms with E-state index in [1.165, 1.54) is 90.7 Å². The molecule has 0 aromatic heterocycles. The molecule has 0 amide bonds. The van der Waals surface area contributed by atoms with Gasteiger partial charge in [0, 0.05) is 95.1 Å². The molecule has 101 heavy (non-hydrogen) atoms. The van der Waals surface area contributed by atoms with Crippen molar-refractivity contribution in [2.24, 2.45) is 32.5 Å². The molecule has 2 N–H and O–H groups in total. The normalized spacial score (nSPS) is 12.0. The molecule has 6 aromatic carbocycles. The minimum absolute atomic E-state index is 0.346. The van der Waals surface area contributed by atoms with Gasteiger partial charge in [-0.2, -0.15) is 0 Å². The molecule has 0 aliphatic carbocycles. The van der Waals surface area contributed by atoms with Crippen molar-refractivity contribution in [3.63, 3.8) is 0 Å². The fourth-order valence-electron chi connectivity index (χ4n) is 11.6. The van der Waals surface area contributed by atoms with Gasteiger partial charge in [-0.25, -0.2) is 0 Å². The predicted octanol–water partition coefficient (Wildman–Crippen LogP) is 27.6. The minimum Gasteiger partial charge on any atom is -0.384 e. The summed E-state index contributed by atoms with van der Waals surface area (Å²) in [6.07, 6.45) is 16.3. The molecule has 0 unspecified atom stereocenters. The third kappa shape index (κ3) is 31.2. The Hall–Kier alpha value is -2.08. The van der Waals surface area contributed by atoms with Crippen molar-refractivity contribution in [1.82, 2.24) is 0 Å². The average Bonchev–Trinajstić information content (AvgIpc) is 0.794. The Morgan fingerprint density at radius 2 is 0.525 bits per heavy atom. The third-order valence-electron chi connectivity index (χ3n) is 17.8. The fourth-order valence-corrected chi connectivity index (χ4v) is 15.6. The van der Waals surface area contributed by atoms with Crippen molar-refractivity contribution in [3.8, 4) is 0 Å². The summed E-state index contributed by atoms with van der Waals surface area (Å²) in [5.41, 5.74) is 16.8. The van der Waals surface area contributed by atoms with Gasteiger partial charge in [0.2, 0.25) is 0 Å². The van der Waals surface area contributed by atoms with Gasteiger partial charge in [-0.3, -0.25) is 0 Å². The summed E-state index contributed by atoms with van der Waals surface area (Å²) in [5.74, 6) is 0. The molecule has 0 spiro atoms. The van der Waals surface area contributed by atoms with Crippen molar-refractivity contribution >= 4 is 192 Å². The van der Waals surface area contributed by atoms with E-state index in [1.54, 1.807) is 0 Å². The number of rotatable bonds is 29. The monoisotopic (exact) mass is 1600 g/mol. The Balaban J connectivity index is 0.000000606. The zero-order valence-electron chi connectivity index (χ0n) is 68.4. The van der Waals surface area contributed by atoms with Crippen molar-refractivity contribution in [1.29, 1.82) is 0 Å². The lowest BCUT2D eigenvalue weighted by Crippen LogP contribution is -2.27. The lowest BCUT2D eigenvalue weighted by molar-refractivity contribution is 0.365. The Labute approximate surface area is 678 Å². The molecule has 6 aromatic rings. The molecule has 0 heterocycles. The summed E-state index contributed by atoms with van der Waals surface area (Å²) in [4.78, 5) is 13.2. The molecule has 0 saturated carbocycles. The first kappa shape index (κ1) is 96.9. The standard InChI is InChI=1S/C15H25NS2.C14H23NS2.2C13H22N2S2.2C13H21NS2/c1-6-16(7-2)12-11(13(17)14(12)18)9-8-10-15(3,4)5;1-6-15(5)11-10(12(16)13(11)17)8-7-9-14(2,3)4;1-13(2,3)7-8-15(6)10-9(14(4)5)11(16)12(10)17;1-6-14-9-10(12(17)11(9)16)15(5)8-7-13(2,3)4;1-13(2,3)8-6-7-9-10(14(4)5)12(16)11(9)15;1-5-14-10-9(11(15)12(10)16)7-6-8-13(2,3)4/h6-10H2,1-5H3;6-9H2,1-5H3;7-8H2,1-6H3;14H,6-8H2,1-5H3;6-8H2,1-5H3;14H,5-8H2,1-4H3. The first-order chi connectivity index (χ1) is 46.1. The van der Waals surface area contributed by atoms with Crippen LogP contribution in [-0.4, -0.2) is 95.1 Å². The second-order valence-corrected chi connectivity index (χ2v) is 39.8. The number of nitrogens with one attached hydrogen (secondary N) is 2. The van der Waals surface area contributed by atoms with E-state index in [0.29, 0.717) is 32.5 Å². The maximum atomic E-state index is 5.40. The molecule has 0 saturated heterocycles. The van der Waals surface area contributed by atoms with Crippen LogP contribution in [0.25, 0.3) is 0 Å². The van der Waals surface area contributed by atoms with Crippen LogP contribution in [0.4, 0.5) is 45.5 Å². The second kappa shape index (κ2) is 42.6.